The van der Waals surface area contributed by atoms with Gasteiger partial charge < -0.3 is 57.0 Å². The maximum atomic E-state index is 11.2. The lowest BCUT2D eigenvalue weighted by atomic mass is 9.89. The zero-order chi connectivity index (χ0) is 28.5. The lowest BCUT2D eigenvalue weighted by Crippen LogP contribution is -2.44. The molecule has 2 aliphatic carbocycles. The molecule has 2 saturated heterocycles. The number of nitrogens with two attached hydrogens (primary N) is 3. The van der Waals surface area contributed by atoms with E-state index in [1.54, 1.807) is 0 Å². The molecule has 15 nitrogen and oxygen atoms in total. The molecule has 16 heteroatoms. The van der Waals surface area contributed by atoms with Gasteiger partial charge in [-0.15, -0.1) is 0 Å². The summed E-state index contributed by atoms with van der Waals surface area (Å²) in [5, 5.41) is 27.2. The molecule has 0 saturated carbocycles. The van der Waals surface area contributed by atoms with Gasteiger partial charge in [-0.05, 0) is 6.42 Å². The Balaban J connectivity index is 1.19. The highest BCUT2D eigenvalue weighted by atomic mass is 31.0. The van der Waals surface area contributed by atoms with Crippen LogP contribution in [0.4, 0.5) is 11.6 Å². The van der Waals surface area contributed by atoms with Crippen LogP contribution in [0.25, 0.3) is 0 Å². The average molecular weight is 588 g/mol. The first kappa shape index (κ1) is 27.4. The lowest BCUT2D eigenvalue weighted by molar-refractivity contribution is -0.0831. The van der Waals surface area contributed by atoms with E-state index in [1.165, 1.54) is 12.7 Å². The van der Waals surface area contributed by atoms with Crippen LogP contribution < -0.4 is 27.8 Å². The van der Waals surface area contributed by atoms with Crippen molar-refractivity contribution in [1.82, 2.24) is 19.9 Å². The summed E-state index contributed by atoms with van der Waals surface area (Å²) in [4.78, 5) is 17.7. The third-order valence-corrected chi connectivity index (χ3v) is 9.32. The molecule has 0 bridgehead atoms. The summed E-state index contributed by atoms with van der Waals surface area (Å²) in [6.07, 6.45) is 2.21. The zero-order valence-corrected chi connectivity index (χ0v) is 23.2. The van der Waals surface area contributed by atoms with Gasteiger partial charge in [0, 0.05) is 19.0 Å². The van der Waals surface area contributed by atoms with Crippen molar-refractivity contribution in [2.24, 2.45) is 23.1 Å². The Morgan fingerprint density at radius 2 is 1.59 bits per heavy atom. The molecular weight excluding hydrogens is 553 g/mol. The van der Waals surface area contributed by atoms with Crippen molar-refractivity contribution in [3.05, 3.63) is 47.3 Å². The van der Waals surface area contributed by atoms with Crippen molar-refractivity contribution in [3.8, 4) is 0 Å². The number of aliphatic hydroxyl groups is 2. The molecule has 3 unspecified atom stereocenters. The van der Waals surface area contributed by atoms with E-state index >= 15 is 0 Å². The number of rotatable bonds is 3. The number of nitrogens with one attached hydrogen (secondary N) is 2. The number of aromatic nitrogens is 4. The van der Waals surface area contributed by atoms with Gasteiger partial charge in [-0.3, -0.25) is 0 Å². The van der Waals surface area contributed by atoms with Crippen LogP contribution in [-0.4, -0.2) is 99.4 Å². The maximum absolute atomic E-state index is 11.2. The second kappa shape index (κ2) is 10.1. The summed E-state index contributed by atoms with van der Waals surface area (Å²) in [7, 11) is 2.71. The van der Waals surface area contributed by atoms with E-state index in [0.717, 1.165) is 16.8 Å². The van der Waals surface area contributed by atoms with Gasteiger partial charge in [0.1, 0.15) is 54.6 Å². The number of hydrogen-bond donors (Lipinski definition) is 7. The van der Waals surface area contributed by atoms with Gasteiger partial charge in [0.25, 0.3) is 0 Å². The van der Waals surface area contributed by atoms with Crippen LogP contribution in [-0.2, 0) is 29.9 Å². The summed E-state index contributed by atoms with van der Waals surface area (Å²) in [6, 6.07) is -0.720. The third-order valence-electron chi connectivity index (χ3n) is 8.59. The molecule has 2 fully saturated rings. The highest BCUT2D eigenvalue weighted by molar-refractivity contribution is 7.19. The van der Waals surface area contributed by atoms with E-state index in [9.17, 15) is 10.2 Å². The minimum Gasteiger partial charge on any atom is -0.389 e. The van der Waals surface area contributed by atoms with E-state index in [2.05, 4.69) is 39.8 Å². The summed E-state index contributed by atoms with van der Waals surface area (Å²) < 4.78 is 24.5. The summed E-state index contributed by atoms with van der Waals surface area (Å²) in [5.41, 5.74) is 20.3. The molecule has 11 atom stereocenters. The van der Waals surface area contributed by atoms with Crippen molar-refractivity contribution in [2.75, 3.05) is 36.9 Å². The van der Waals surface area contributed by atoms with Crippen LogP contribution >= 0.6 is 9.24 Å². The summed E-state index contributed by atoms with van der Waals surface area (Å²) in [6.45, 7) is 1.22. The first-order valence-corrected chi connectivity index (χ1v) is 14.2. The highest BCUT2D eigenvalue weighted by Gasteiger charge is 2.62. The first-order chi connectivity index (χ1) is 19.7. The second-order valence-electron chi connectivity index (χ2n) is 11.0. The Labute approximate surface area is 237 Å². The molecule has 0 aromatic carbocycles. The number of ether oxygens (including phenoxy) is 4. The standard InChI is InChI=1S/C25H34N9O6P/c26-15-12(40-21(28)17(15)36)7-37-24-5-10-11(39-20(27)16(10)35)6-38-25(41)14-19(25)32-9-34-23(14)30-4-2-1-3-29-22-13(24)18(24)31-8-33-22/h1-2,8-12,15-17,20-21,35-36H,3-7,26-28,41H2,(H,29,31,33)(H,30,32,34)/b2-1+/t10-,11-,12-,15-,16-,17-,20-,21-,24?,25?/m1/s1. The van der Waals surface area contributed by atoms with Crippen molar-refractivity contribution in [3.63, 3.8) is 0 Å². The minimum absolute atomic E-state index is 0.0374. The molecule has 2 aromatic rings. The molecule has 0 spiro atoms. The van der Waals surface area contributed by atoms with Gasteiger partial charge in [-0.2, -0.15) is 0 Å². The predicted octanol–water partition coefficient (Wildman–Crippen LogP) is -2.24. The number of hydrogen-bond acceptors (Lipinski definition) is 15. The van der Waals surface area contributed by atoms with Crippen LogP contribution in [0, 0.1) is 5.92 Å². The van der Waals surface area contributed by atoms with Crippen molar-refractivity contribution in [2.45, 2.75) is 60.3 Å². The quantitative estimate of drug-likeness (QED) is 0.149. The number of fused-ring (bicyclic) bond motifs is 3. The van der Waals surface area contributed by atoms with Crippen LogP contribution in [0.1, 0.15) is 28.9 Å². The average Bonchev–Trinajstić information content (AvgIpc) is 3.74. The molecule has 7 rings (SSSR count). The van der Waals surface area contributed by atoms with Gasteiger partial charge in [0.15, 0.2) is 5.34 Å². The molecule has 0 amide bonds. The molecule has 41 heavy (non-hydrogen) atoms. The van der Waals surface area contributed by atoms with Crippen LogP contribution in [0.3, 0.4) is 0 Å². The van der Waals surface area contributed by atoms with E-state index in [1.807, 2.05) is 12.2 Å². The molecule has 3 aliphatic heterocycles. The van der Waals surface area contributed by atoms with Crippen molar-refractivity contribution < 1.29 is 29.2 Å². The Morgan fingerprint density at radius 1 is 0.927 bits per heavy atom. The minimum atomic E-state index is -1.02. The lowest BCUT2D eigenvalue weighted by Gasteiger charge is -2.28. The SMILES string of the molecule is N[C@H]1[C@@H](O)[C@H](N)O[C@@H]1COC12C[C@H]3[C@@H](O)[C@H](N)O[C@@H]3COC3(P)c4ncnc(c43)NC/C=C/CNc3ncnc1c32. The van der Waals surface area contributed by atoms with Gasteiger partial charge in [0.05, 0.1) is 54.0 Å². The van der Waals surface area contributed by atoms with Crippen molar-refractivity contribution >= 4 is 20.9 Å². The monoisotopic (exact) mass is 587 g/mol. The Kier molecular flexibility index (Phi) is 6.74. The van der Waals surface area contributed by atoms with Crippen LogP contribution in [0.2, 0.25) is 0 Å². The van der Waals surface area contributed by atoms with Crippen LogP contribution in [0.5, 0.6) is 0 Å². The highest BCUT2D eigenvalue weighted by Crippen LogP contribution is 2.59. The van der Waals surface area contributed by atoms with Gasteiger partial charge in [0.2, 0.25) is 0 Å². The van der Waals surface area contributed by atoms with Crippen LogP contribution in [0.15, 0.2) is 24.8 Å². The fraction of sp³-hybridized carbons (Fsp3) is 0.600. The molecule has 220 valence electrons. The predicted molar refractivity (Wildman–Crippen MR) is 147 cm³/mol. The molecular formula is C25H34N9O6P. The topological polar surface area (TPSA) is 231 Å². The second-order valence-corrected chi connectivity index (χ2v) is 11.8. The molecule has 5 heterocycles. The Bertz CT molecular complexity index is 1370. The molecule has 5 aliphatic rings. The Hall–Kier alpha value is -2.43. The fourth-order valence-electron chi connectivity index (χ4n) is 6.17. The third kappa shape index (κ3) is 4.43. The summed E-state index contributed by atoms with van der Waals surface area (Å²) in [5.74, 6) is 0.831. The Morgan fingerprint density at radius 3 is 2.27 bits per heavy atom. The first-order valence-electron chi connectivity index (χ1n) is 13.6. The van der Waals surface area contributed by atoms with Gasteiger partial charge in [-0.25, -0.2) is 19.9 Å². The molecule has 10 N–H and O–H groups in total. The molecule has 2 aromatic heterocycles. The van der Waals surface area contributed by atoms with E-state index < -0.39 is 59.8 Å². The van der Waals surface area contributed by atoms with E-state index in [-0.39, 0.29) is 19.6 Å². The number of nitrogens with zero attached hydrogens (tertiary/aromatic N) is 4. The van der Waals surface area contributed by atoms with Gasteiger partial charge >= 0.3 is 0 Å². The largest absolute Gasteiger partial charge is 0.389 e. The number of anilines is 2. The van der Waals surface area contributed by atoms with E-state index in [4.69, 9.17) is 36.1 Å². The van der Waals surface area contributed by atoms with E-state index in [0.29, 0.717) is 30.4 Å². The van der Waals surface area contributed by atoms with Crippen molar-refractivity contribution in [1.29, 1.82) is 0 Å². The maximum Gasteiger partial charge on any atom is 0.154 e. The normalized spacial score (nSPS) is 41.7. The molecule has 0 radical (unpaired) electrons. The summed E-state index contributed by atoms with van der Waals surface area (Å²) >= 11 is 0. The fourth-order valence-corrected chi connectivity index (χ4v) is 6.69. The van der Waals surface area contributed by atoms with Gasteiger partial charge in [-0.1, -0.05) is 21.4 Å². The smallest absolute Gasteiger partial charge is 0.154 e. The number of aliphatic hydroxyl groups excluding tert-OH is 2. The zero-order valence-electron chi connectivity index (χ0n) is 22.1.